The summed E-state index contributed by atoms with van der Waals surface area (Å²) in [6.45, 7) is 4.13. The SMILES string of the molecule is CCOC(=O)NC(=O)CC(C)N(C)C(N)=NCc1ccncc1. The van der Waals surface area contributed by atoms with E-state index in [0.29, 0.717) is 12.5 Å². The number of nitrogens with one attached hydrogen (secondary N) is 1. The Bertz CT molecular complexity index is 547. The Morgan fingerprint density at radius 3 is 2.70 bits per heavy atom. The number of guanidine groups is 1. The van der Waals surface area contributed by atoms with E-state index in [0.717, 1.165) is 5.56 Å². The normalized spacial score (nSPS) is 12.4. The summed E-state index contributed by atoms with van der Waals surface area (Å²) >= 11 is 0. The minimum Gasteiger partial charge on any atom is -0.450 e. The first-order chi connectivity index (χ1) is 10.9. The number of nitrogens with zero attached hydrogens (tertiary/aromatic N) is 3. The highest BCUT2D eigenvalue weighted by atomic mass is 16.5. The van der Waals surface area contributed by atoms with Crippen molar-refractivity contribution in [1.29, 1.82) is 0 Å². The summed E-state index contributed by atoms with van der Waals surface area (Å²) in [4.78, 5) is 32.8. The van der Waals surface area contributed by atoms with Gasteiger partial charge in [-0.2, -0.15) is 0 Å². The predicted octanol–water partition coefficient (Wildman–Crippen LogP) is 0.879. The topological polar surface area (TPSA) is 110 Å². The lowest BCUT2D eigenvalue weighted by Gasteiger charge is -2.25. The average Bonchev–Trinajstić information content (AvgIpc) is 2.52. The first kappa shape index (κ1) is 18.4. The highest BCUT2D eigenvalue weighted by Gasteiger charge is 2.17. The lowest BCUT2D eigenvalue weighted by molar-refractivity contribution is -0.121. The Morgan fingerprint density at radius 2 is 2.09 bits per heavy atom. The number of rotatable bonds is 6. The average molecular weight is 321 g/mol. The van der Waals surface area contributed by atoms with Gasteiger partial charge in [-0.1, -0.05) is 0 Å². The highest BCUT2D eigenvalue weighted by Crippen LogP contribution is 2.03. The molecule has 0 aromatic carbocycles. The maximum atomic E-state index is 11.7. The van der Waals surface area contributed by atoms with Crippen molar-refractivity contribution in [3.05, 3.63) is 30.1 Å². The van der Waals surface area contributed by atoms with E-state index in [1.807, 2.05) is 19.1 Å². The number of hydrogen-bond acceptors (Lipinski definition) is 5. The lowest BCUT2D eigenvalue weighted by atomic mass is 10.2. The van der Waals surface area contributed by atoms with Gasteiger partial charge in [0.2, 0.25) is 5.91 Å². The van der Waals surface area contributed by atoms with Crippen molar-refractivity contribution in [2.75, 3.05) is 13.7 Å². The summed E-state index contributed by atoms with van der Waals surface area (Å²) in [6, 6.07) is 3.49. The molecule has 3 N–H and O–H groups in total. The number of amides is 2. The van der Waals surface area contributed by atoms with Crippen LogP contribution in [0.25, 0.3) is 0 Å². The van der Waals surface area contributed by atoms with Gasteiger partial charge in [-0.25, -0.2) is 9.79 Å². The van der Waals surface area contributed by atoms with E-state index >= 15 is 0 Å². The second-order valence-electron chi connectivity index (χ2n) is 4.96. The van der Waals surface area contributed by atoms with Crippen LogP contribution in [0, 0.1) is 0 Å². The maximum Gasteiger partial charge on any atom is 0.413 e. The van der Waals surface area contributed by atoms with Crippen LogP contribution in [-0.4, -0.2) is 47.5 Å². The minimum absolute atomic E-state index is 0.0980. The van der Waals surface area contributed by atoms with Crippen molar-refractivity contribution < 1.29 is 14.3 Å². The number of alkyl carbamates (subject to hydrolysis) is 1. The standard InChI is InChI=1S/C15H23N5O3/c1-4-23-15(22)19-13(21)9-11(2)20(3)14(16)18-10-12-5-7-17-8-6-12/h5-8,11H,4,9-10H2,1-3H3,(H2,16,18)(H,19,21,22). The molecule has 1 aromatic rings. The molecule has 0 fully saturated rings. The fraction of sp³-hybridized carbons (Fsp3) is 0.467. The second kappa shape index (κ2) is 9.39. The van der Waals surface area contributed by atoms with Crippen molar-refractivity contribution in [3.63, 3.8) is 0 Å². The fourth-order valence-electron chi connectivity index (χ4n) is 1.74. The van der Waals surface area contributed by atoms with Gasteiger partial charge < -0.3 is 15.4 Å². The molecule has 1 heterocycles. The van der Waals surface area contributed by atoms with E-state index < -0.39 is 12.0 Å². The first-order valence-electron chi connectivity index (χ1n) is 7.32. The fourth-order valence-corrected chi connectivity index (χ4v) is 1.74. The zero-order valence-electron chi connectivity index (χ0n) is 13.7. The van der Waals surface area contributed by atoms with Crippen LogP contribution in [0.1, 0.15) is 25.8 Å². The van der Waals surface area contributed by atoms with Crippen LogP contribution < -0.4 is 11.1 Å². The summed E-state index contributed by atoms with van der Waals surface area (Å²) in [5, 5.41) is 2.15. The summed E-state index contributed by atoms with van der Waals surface area (Å²) in [5.41, 5.74) is 6.92. The number of ether oxygens (including phenoxy) is 1. The summed E-state index contributed by atoms with van der Waals surface area (Å²) in [7, 11) is 1.74. The van der Waals surface area contributed by atoms with E-state index in [2.05, 4.69) is 20.0 Å². The zero-order valence-corrected chi connectivity index (χ0v) is 13.7. The van der Waals surface area contributed by atoms with Gasteiger partial charge in [0.25, 0.3) is 0 Å². The summed E-state index contributed by atoms with van der Waals surface area (Å²) in [6.07, 6.45) is 2.73. The highest BCUT2D eigenvalue weighted by molar-refractivity contribution is 5.92. The first-order valence-corrected chi connectivity index (χ1v) is 7.32. The van der Waals surface area contributed by atoms with E-state index in [-0.39, 0.29) is 19.1 Å². The van der Waals surface area contributed by atoms with Gasteiger partial charge in [-0.05, 0) is 31.5 Å². The molecule has 1 atom stereocenters. The third kappa shape index (κ3) is 6.77. The van der Waals surface area contributed by atoms with Gasteiger partial charge in [0.05, 0.1) is 13.2 Å². The molecular weight excluding hydrogens is 298 g/mol. The molecule has 0 spiro atoms. The van der Waals surface area contributed by atoms with Crippen LogP contribution in [-0.2, 0) is 16.1 Å². The van der Waals surface area contributed by atoms with Crippen molar-refractivity contribution >= 4 is 18.0 Å². The molecule has 0 saturated heterocycles. The molecule has 1 rings (SSSR count). The molecule has 0 aliphatic carbocycles. The maximum absolute atomic E-state index is 11.7. The number of nitrogens with two attached hydrogens (primary N) is 1. The number of imide groups is 1. The minimum atomic E-state index is -0.744. The lowest BCUT2D eigenvalue weighted by Crippen LogP contribution is -2.43. The molecule has 0 bridgehead atoms. The largest absolute Gasteiger partial charge is 0.450 e. The Labute approximate surface area is 135 Å². The molecule has 2 amide bonds. The molecule has 23 heavy (non-hydrogen) atoms. The van der Waals surface area contributed by atoms with Crippen molar-refractivity contribution in [2.45, 2.75) is 32.9 Å². The molecule has 0 radical (unpaired) electrons. The molecule has 126 valence electrons. The van der Waals surface area contributed by atoms with Crippen molar-refractivity contribution in [3.8, 4) is 0 Å². The summed E-state index contributed by atoms with van der Waals surface area (Å²) in [5.74, 6) is -0.108. The van der Waals surface area contributed by atoms with Gasteiger partial charge in [0.15, 0.2) is 5.96 Å². The van der Waals surface area contributed by atoms with Gasteiger partial charge in [0, 0.05) is 31.9 Å². The Kier molecular flexibility index (Phi) is 7.52. The number of hydrogen-bond donors (Lipinski definition) is 2. The molecule has 0 aliphatic heterocycles. The van der Waals surface area contributed by atoms with Crippen LogP contribution in [0.2, 0.25) is 0 Å². The number of aromatic nitrogens is 1. The second-order valence-corrected chi connectivity index (χ2v) is 4.96. The predicted molar refractivity (Wildman–Crippen MR) is 86.6 cm³/mol. The van der Waals surface area contributed by atoms with Gasteiger partial charge >= 0.3 is 6.09 Å². The van der Waals surface area contributed by atoms with Crippen LogP contribution in [0.15, 0.2) is 29.5 Å². The van der Waals surface area contributed by atoms with Gasteiger partial charge in [-0.15, -0.1) is 0 Å². The van der Waals surface area contributed by atoms with E-state index in [4.69, 9.17) is 5.73 Å². The van der Waals surface area contributed by atoms with Crippen LogP contribution in [0.5, 0.6) is 0 Å². The molecule has 1 unspecified atom stereocenters. The number of carbonyl (C=O) groups excluding carboxylic acids is 2. The van der Waals surface area contributed by atoms with E-state index in [1.165, 1.54) is 0 Å². The molecule has 0 saturated carbocycles. The molecular formula is C15H23N5O3. The molecule has 0 aliphatic rings. The van der Waals surface area contributed by atoms with Crippen molar-refractivity contribution in [1.82, 2.24) is 15.2 Å². The number of pyridine rings is 1. The summed E-state index contributed by atoms with van der Waals surface area (Å²) < 4.78 is 4.65. The quantitative estimate of drug-likeness (QED) is 0.594. The van der Waals surface area contributed by atoms with Gasteiger partial charge in [-0.3, -0.25) is 15.1 Å². The Morgan fingerprint density at radius 1 is 1.43 bits per heavy atom. The smallest absolute Gasteiger partial charge is 0.413 e. The van der Waals surface area contributed by atoms with Crippen LogP contribution in [0.3, 0.4) is 0 Å². The third-order valence-electron chi connectivity index (χ3n) is 3.19. The Balaban J connectivity index is 2.49. The number of carbonyl (C=O) groups is 2. The number of aliphatic imine (C=N–C) groups is 1. The monoisotopic (exact) mass is 321 g/mol. The molecule has 1 aromatic heterocycles. The van der Waals surface area contributed by atoms with Crippen LogP contribution in [0.4, 0.5) is 4.79 Å². The van der Waals surface area contributed by atoms with Crippen LogP contribution >= 0.6 is 0 Å². The van der Waals surface area contributed by atoms with E-state index in [1.54, 1.807) is 31.3 Å². The third-order valence-corrected chi connectivity index (χ3v) is 3.19. The molecule has 8 heteroatoms. The van der Waals surface area contributed by atoms with Gasteiger partial charge in [0.1, 0.15) is 0 Å². The zero-order chi connectivity index (χ0) is 17.2. The molecule has 8 nitrogen and oxygen atoms in total. The van der Waals surface area contributed by atoms with E-state index in [9.17, 15) is 9.59 Å². The van der Waals surface area contributed by atoms with Crippen molar-refractivity contribution in [2.24, 2.45) is 10.7 Å². The Hall–Kier alpha value is -2.64.